The molecule has 3 aromatic rings. The van der Waals surface area contributed by atoms with E-state index in [2.05, 4.69) is 15.3 Å². The molecule has 1 N–H and O–H groups in total. The molecule has 0 radical (unpaired) electrons. The molecular weight excluding hydrogens is 330 g/mol. The number of carbonyl (C=O) groups is 1. The summed E-state index contributed by atoms with van der Waals surface area (Å²) in [7, 11) is 0. The lowest BCUT2D eigenvalue weighted by Crippen LogP contribution is -2.24. The second-order valence-electron chi connectivity index (χ2n) is 5.93. The van der Waals surface area contributed by atoms with Crippen molar-refractivity contribution in [1.82, 2.24) is 15.3 Å². The molecule has 0 unspecified atom stereocenters. The third-order valence-corrected chi connectivity index (χ3v) is 4.07. The average Bonchev–Trinajstić information content (AvgIpc) is 3.15. The number of hydrogen-bond acceptors (Lipinski definition) is 5. The Kier molecular flexibility index (Phi) is 4.47. The van der Waals surface area contributed by atoms with Crippen LogP contribution in [0.5, 0.6) is 11.5 Å². The predicted octanol–water partition coefficient (Wildman–Crippen LogP) is 2.73. The Morgan fingerprint density at radius 3 is 2.73 bits per heavy atom. The topological polar surface area (TPSA) is 73.3 Å². The Balaban J connectivity index is 1.33. The van der Waals surface area contributed by atoms with Crippen molar-refractivity contribution in [3.63, 3.8) is 0 Å². The van der Waals surface area contributed by atoms with E-state index < -0.39 is 0 Å². The summed E-state index contributed by atoms with van der Waals surface area (Å²) in [4.78, 5) is 20.7. The second kappa shape index (κ2) is 7.23. The number of hydrogen-bond donors (Lipinski definition) is 1. The van der Waals surface area contributed by atoms with Crippen molar-refractivity contribution < 1.29 is 14.3 Å². The monoisotopic (exact) mass is 347 g/mol. The number of pyridine rings is 2. The van der Waals surface area contributed by atoms with Gasteiger partial charge in [0.1, 0.15) is 0 Å². The van der Waals surface area contributed by atoms with Crippen LogP contribution in [-0.4, -0.2) is 22.7 Å². The minimum Gasteiger partial charge on any atom is -0.454 e. The summed E-state index contributed by atoms with van der Waals surface area (Å²) in [6.45, 7) is 0.663. The first-order valence-electron chi connectivity index (χ1n) is 8.28. The second-order valence-corrected chi connectivity index (χ2v) is 5.93. The van der Waals surface area contributed by atoms with Crippen molar-refractivity contribution in [2.45, 2.75) is 13.0 Å². The molecule has 6 heteroatoms. The van der Waals surface area contributed by atoms with E-state index in [1.807, 2.05) is 42.5 Å². The van der Waals surface area contributed by atoms with Crippen LogP contribution in [0.4, 0.5) is 0 Å². The van der Waals surface area contributed by atoms with Gasteiger partial charge in [-0.1, -0.05) is 12.1 Å². The number of ether oxygens (including phenoxy) is 2. The maximum Gasteiger partial charge on any atom is 0.231 e. The predicted molar refractivity (Wildman–Crippen MR) is 95.6 cm³/mol. The molecule has 1 amide bonds. The summed E-state index contributed by atoms with van der Waals surface area (Å²) in [5.74, 6) is 1.35. The first kappa shape index (κ1) is 16.1. The fourth-order valence-corrected chi connectivity index (χ4v) is 2.71. The Labute approximate surface area is 150 Å². The largest absolute Gasteiger partial charge is 0.454 e. The maximum atomic E-state index is 12.2. The first-order valence-corrected chi connectivity index (χ1v) is 8.28. The van der Waals surface area contributed by atoms with Gasteiger partial charge in [0.25, 0.3) is 0 Å². The van der Waals surface area contributed by atoms with E-state index in [1.54, 1.807) is 18.6 Å². The van der Waals surface area contributed by atoms with Crippen molar-refractivity contribution in [3.05, 3.63) is 72.2 Å². The molecule has 4 rings (SSSR count). The van der Waals surface area contributed by atoms with E-state index in [9.17, 15) is 4.79 Å². The van der Waals surface area contributed by atoms with Crippen LogP contribution in [0.2, 0.25) is 0 Å². The van der Waals surface area contributed by atoms with Crippen molar-refractivity contribution in [3.8, 4) is 22.8 Å². The number of carbonyl (C=O) groups excluding carboxylic acids is 1. The minimum absolute atomic E-state index is 0.0554. The van der Waals surface area contributed by atoms with E-state index in [0.29, 0.717) is 18.0 Å². The summed E-state index contributed by atoms with van der Waals surface area (Å²) in [5, 5.41) is 2.91. The summed E-state index contributed by atoms with van der Waals surface area (Å²) in [6.07, 6.45) is 5.56. The third kappa shape index (κ3) is 3.64. The van der Waals surface area contributed by atoms with Gasteiger partial charge in [-0.3, -0.25) is 14.8 Å². The molecule has 0 fully saturated rings. The van der Waals surface area contributed by atoms with Gasteiger partial charge in [-0.05, 0) is 41.5 Å². The SMILES string of the molecule is O=C(Cc1ccc2c(c1)OCO2)NCc1ccc(-c2cccnc2)nc1. The maximum absolute atomic E-state index is 12.2. The number of aromatic nitrogens is 2. The van der Waals surface area contributed by atoms with Crippen LogP contribution in [0.15, 0.2) is 61.1 Å². The summed E-state index contributed by atoms with van der Waals surface area (Å²) in [5.41, 5.74) is 3.65. The Bertz CT molecular complexity index is 911. The highest BCUT2D eigenvalue weighted by Gasteiger charge is 2.14. The van der Waals surface area contributed by atoms with Crippen molar-refractivity contribution in [2.24, 2.45) is 0 Å². The van der Waals surface area contributed by atoms with Gasteiger partial charge in [0.05, 0.1) is 12.1 Å². The number of nitrogens with zero attached hydrogens (tertiary/aromatic N) is 2. The first-order chi connectivity index (χ1) is 12.8. The zero-order valence-corrected chi connectivity index (χ0v) is 14.0. The average molecular weight is 347 g/mol. The number of rotatable bonds is 5. The zero-order valence-electron chi connectivity index (χ0n) is 14.0. The zero-order chi connectivity index (χ0) is 17.8. The van der Waals surface area contributed by atoms with E-state index in [0.717, 1.165) is 22.4 Å². The van der Waals surface area contributed by atoms with Crippen molar-refractivity contribution >= 4 is 5.91 Å². The third-order valence-electron chi connectivity index (χ3n) is 4.07. The molecule has 1 aromatic carbocycles. The normalized spacial score (nSPS) is 12.0. The van der Waals surface area contributed by atoms with Crippen molar-refractivity contribution in [2.75, 3.05) is 6.79 Å². The molecule has 0 saturated carbocycles. The summed E-state index contributed by atoms with van der Waals surface area (Å²) < 4.78 is 10.6. The van der Waals surface area contributed by atoms with Gasteiger partial charge in [0.15, 0.2) is 11.5 Å². The van der Waals surface area contributed by atoms with Crippen LogP contribution in [0.3, 0.4) is 0 Å². The van der Waals surface area contributed by atoms with Crippen LogP contribution in [-0.2, 0) is 17.8 Å². The highest BCUT2D eigenvalue weighted by atomic mass is 16.7. The molecule has 6 nitrogen and oxygen atoms in total. The number of benzene rings is 1. The standard InChI is InChI=1S/C20H17N3O3/c24-20(9-14-4-6-18-19(8-14)26-13-25-18)23-11-15-3-5-17(22-10-15)16-2-1-7-21-12-16/h1-8,10,12H,9,11,13H2,(H,23,24). The minimum atomic E-state index is -0.0554. The Hall–Kier alpha value is -3.41. The van der Waals surface area contributed by atoms with E-state index in [-0.39, 0.29) is 19.1 Å². The van der Waals surface area contributed by atoms with Crippen LogP contribution >= 0.6 is 0 Å². The molecule has 0 saturated heterocycles. The fourth-order valence-electron chi connectivity index (χ4n) is 2.71. The molecule has 130 valence electrons. The molecule has 0 atom stereocenters. The van der Waals surface area contributed by atoms with Crippen LogP contribution in [0.1, 0.15) is 11.1 Å². The molecule has 2 aromatic heterocycles. The highest BCUT2D eigenvalue weighted by molar-refractivity contribution is 5.78. The number of fused-ring (bicyclic) bond motifs is 1. The lowest BCUT2D eigenvalue weighted by molar-refractivity contribution is -0.120. The summed E-state index contributed by atoms with van der Waals surface area (Å²) in [6, 6.07) is 13.3. The lowest BCUT2D eigenvalue weighted by atomic mass is 10.1. The Morgan fingerprint density at radius 1 is 1.04 bits per heavy atom. The molecule has 0 spiro atoms. The van der Waals surface area contributed by atoms with E-state index in [4.69, 9.17) is 9.47 Å². The highest BCUT2D eigenvalue weighted by Crippen LogP contribution is 2.32. The smallest absolute Gasteiger partial charge is 0.231 e. The van der Waals surface area contributed by atoms with Gasteiger partial charge >= 0.3 is 0 Å². The van der Waals surface area contributed by atoms with Gasteiger partial charge < -0.3 is 14.8 Å². The van der Waals surface area contributed by atoms with Gasteiger partial charge in [0.2, 0.25) is 12.7 Å². The molecule has 26 heavy (non-hydrogen) atoms. The molecule has 1 aliphatic rings. The van der Waals surface area contributed by atoms with Crippen molar-refractivity contribution in [1.29, 1.82) is 0 Å². The molecule has 0 bridgehead atoms. The molecule has 3 heterocycles. The Morgan fingerprint density at radius 2 is 1.92 bits per heavy atom. The number of nitrogens with one attached hydrogen (secondary N) is 1. The summed E-state index contributed by atoms with van der Waals surface area (Å²) >= 11 is 0. The fraction of sp³-hybridized carbons (Fsp3) is 0.150. The van der Waals surface area contributed by atoms with Crippen LogP contribution < -0.4 is 14.8 Å². The van der Waals surface area contributed by atoms with Gasteiger partial charge in [-0.2, -0.15) is 0 Å². The number of amides is 1. The van der Waals surface area contributed by atoms with Gasteiger partial charge in [-0.25, -0.2) is 0 Å². The quantitative estimate of drug-likeness (QED) is 0.768. The van der Waals surface area contributed by atoms with Gasteiger partial charge in [0, 0.05) is 30.7 Å². The molecule has 1 aliphatic heterocycles. The lowest BCUT2D eigenvalue weighted by Gasteiger charge is -2.07. The molecular formula is C20H17N3O3. The van der Waals surface area contributed by atoms with Crippen LogP contribution in [0, 0.1) is 0 Å². The van der Waals surface area contributed by atoms with Crippen LogP contribution in [0.25, 0.3) is 11.3 Å². The van der Waals surface area contributed by atoms with Gasteiger partial charge in [-0.15, -0.1) is 0 Å². The van der Waals surface area contributed by atoms with E-state index in [1.165, 1.54) is 0 Å². The van der Waals surface area contributed by atoms with E-state index >= 15 is 0 Å². The molecule has 0 aliphatic carbocycles.